The van der Waals surface area contributed by atoms with E-state index in [9.17, 15) is 0 Å². The Morgan fingerprint density at radius 1 is 0.783 bits per heavy atom. The Balaban J connectivity index is 0.00000242. The molecule has 2 aliphatic rings. The summed E-state index contributed by atoms with van der Waals surface area (Å²) in [6.07, 6.45) is 15.5. The van der Waals surface area contributed by atoms with Gasteiger partial charge in [-0.2, -0.15) is 0 Å². The molecule has 0 aromatic carbocycles. The van der Waals surface area contributed by atoms with Crippen LogP contribution in [0, 0.1) is 0 Å². The molecular formula is C20H30Cl2Ti. The Kier molecular flexibility index (Phi) is 11.9. The summed E-state index contributed by atoms with van der Waals surface area (Å²) >= 11 is -0.0454. The van der Waals surface area contributed by atoms with Crippen molar-refractivity contribution in [2.24, 2.45) is 0 Å². The van der Waals surface area contributed by atoms with Crippen molar-refractivity contribution < 1.29 is 44.0 Å². The van der Waals surface area contributed by atoms with Gasteiger partial charge in [-0.05, 0) is 0 Å². The fraction of sp³-hybridized carbons (Fsp3) is 0.600. The van der Waals surface area contributed by atoms with Crippen LogP contribution in [0.1, 0.15) is 79.1 Å². The molecule has 0 fully saturated rings. The van der Waals surface area contributed by atoms with E-state index in [0.29, 0.717) is 0 Å². The third-order valence-electron chi connectivity index (χ3n) is 4.87. The number of hydrogen-bond donors (Lipinski definition) is 0. The molecule has 23 heavy (non-hydrogen) atoms. The van der Waals surface area contributed by atoms with Crippen LogP contribution in [0.2, 0.25) is 0 Å². The third-order valence-corrected chi connectivity index (χ3v) is 7.63. The molecule has 0 aromatic heterocycles. The summed E-state index contributed by atoms with van der Waals surface area (Å²) < 4.78 is 3.61. The normalized spacial score (nSPS) is 16.7. The minimum absolute atomic E-state index is 0. The van der Waals surface area contributed by atoms with Crippen molar-refractivity contribution in [2.75, 3.05) is 0 Å². The van der Waals surface area contributed by atoms with Crippen LogP contribution in [0.5, 0.6) is 0 Å². The Bertz CT molecular complexity index is 464. The molecule has 0 aromatic rings. The first-order chi connectivity index (χ1) is 10.2. The maximum atomic E-state index is 2.51. The minimum atomic E-state index is -0.0454. The van der Waals surface area contributed by atoms with Crippen LogP contribution in [0.3, 0.4) is 0 Å². The van der Waals surface area contributed by atoms with Gasteiger partial charge in [0.05, 0.1) is 0 Å². The molecule has 0 aliphatic heterocycles. The van der Waals surface area contributed by atoms with Crippen LogP contribution in [-0.2, 0) is 19.2 Å². The van der Waals surface area contributed by atoms with Crippen molar-refractivity contribution in [3.05, 3.63) is 42.2 Å². The van der Waals surface area contributed by atoms with E-state index in [4.69, 9.17) is 0 Å². The summed E-state index contributed by atoms with van der Waals surface area (Å²) in [5.74, 6) is 0. The van der Waals surface area contributed by atoms with Gasteiger partial charge in [0.25, 0.3) is 0 Å². The van der Waals surface area contributed by atoms with E-state index in [-0.39, 0.29) is 44.0 Å². The zero-order chi connectivity index (χ0) is 15.2. The van der Waals surface area contributed by atoms with Crippen LogP contribution < -0.4 is 24.8 Å². The molecule has 128 valence electrons. The largest absolute Gasteiger partial charge is 1.00 e. The number of unbranched alkanes of at least 4 members (excludes halogenated alkanes) is 2. The zero-order valence-electron chi connectivity index (χ0n) is 15.1. The molecule has 2 rings (SSSR count). The van der Waals surface area contributed by atoms with E-state index < -0.39 is 0 Å². The van der Waals surface area contributed by atoms with E-state index in [1.54, 1.807) is 30.0 Å². The number of rotatable bonds is 8. The topological polar surface area (TPSA) is 0 Å². The van der Waals surface area contributed by atoms with Crippen molar-refractivity contribution in [3.63, 3.8) is 0 Å². The van der Waals surface area contributed by atoms with Crippen molar-refractivity contribution in [1.29, 1.82) is 0 Å². The molecule has 0 radical (unpaired) electrons. The van der Waals surface area contributed by atoms with Crippen molar-refractivity contribution in [2.45, 2.75) is 79.1 Å². The smallest absolute Gasteiger partial charge is 1.00 e. The van der Waals surface area contributed by atoms with Crippen molar-refractivity contribution in [3.8, 4) is 0 Å². The maximum absolute atomic E-state index is 2.51. The van der Waals surface area contributed by atoms with Crippen molar-refractivity contribution in [1.82, 2.24) is 0 Å². The molecule has 0 bridgehead atoms. The molecule has 2 aliphatic carbocycles. The quantitative estimate of drug-likeness (QED) is 0.536. The van der Waals surface area contributed by atoms with Crippen LogP contribution >= 0.6 is 0 Å². The number of hydrogen-bond acceptors (Lipinski definition) is 0. The summed E-state index contributed by atoms with van der Waals surface area (Å²) in [7, 11) is 0. The molecule has 0 unspecified atom stereocenters. The van der Waals surface area contributed by atoms with Gasteiger partial charge >= 0.3 is 140 Å². The van der Waals surface area contributed by atoms with E-state index in [0.717, 1.165) is 0 Å². The summed E-state index contributed by atoms with van der Waals surface area (Å²) in [6.45, 7) is 9.34. The van der Waals surface area contributed by atoms with E-state index >= 15 is 0 Å². The fourth-order valence-corrected chi connectivity index (χ4v) is 5.53. The molecule has 0 atom stereocenters. The first kappa shape index (κ1) is 23.3. The summed E-state index contributed by atoms with van der Waals surface area (Å²) in [6, 6.07) is 0. The van der Waals surface area contributed by atoms with Gasteiger partial charge in [-0.15, -0.1) is 0 Å². The first-order valence-electron chi connectivity index (χ1n) is 8.72. The summed E-state index contributed by atoms with van der Waals surface area (Å²) in [5, 5.41) is 0. The Labute approximate surface area is 164 Å². The summed E-state index contributed by atoms with van der Waals surface area (Å²) in [5.41, 5.74) is 6.63. The van der Waals surface area contributed by atoms with Crippen molar-refractivity contribution >= 4 is 0 Å². The molecule has 3 heteroatoms. The van der Waals surface area contributed by atoms with Gasteiger partial charge in [0.1, 0.15) is 0 Å². The molecule has 0 saturated carbocycles. The minimum Gasteiger partial charge on any atom is -1.00 e. The predicted octanol–water partition coefficient (Wildman–Crippen LogP) is 0.666. The molecule has 0 heterocycles. The van der Waals surface area contributed by atoms with Crippen LogP contribution in [0.15, 0.2) is 42.2 Å². The van der Waals surface area contributed by atoms with Gasteiger partial charge in [0.15, 0.2) is 0 Å². The Morgan fingerprint density at radius 2 is 1.17 bits per heavy atom. The maximum Gasteiger partial charge on any atom is -1.00 e. The molecule has 0 spiro atoms. The van der Waals surface area contributed by atoms with Gasteiger partial charge in [-0.25, -0.2) is 0 Å². The molecular weight excluding hydrogens is 359 g/mol. The molecule has 0 nitrogen and oxygen atoms in total. The zero-order valence-corrected chi connectivity index (χ0v) is 18.1. The average molecular weight is 389 g/mol. The van der Waals surface area contributed by atoms with Gasteiger partial charge in [0, 0.05) is 0 Å². The summed E-state index contributed by atoms with van der Waals surface area (Å²) in [4.78, 5) is 0. The van der Waals surface area contributed by atoms with E-state index in [1.165, 1.54) is 51.4 Å². The van der Waals surface area contributed by atoms with E-state index in [1.807, 2.05) is 0 Å². The van der Waals surface area contributed by atoms with Gasteiger partial charge in [-0.3, -0.25) is 0 Å². The third kappa shape index (κ3) is 6.24. The molecule has 0 amide bonds. The Hall–Kier alpha value is 0.254. The number of allylic oxidation sites excluding steroid dienone is 8. The standard InChI is InChI=1S/2C10H15.2ClH.Ti/c2*1-3-4-7-10-8-5-6-9(10)2;;;/h2*8H,3-5,7H2,1-2H3;2*1H;/q;;;;+2/p-2. The van der Waals surface area contributed by atoms with Gasteiger partial charge < -0.3 is 24.8 Å². The molecule has 0 saturated heterocycles. The second-order valence-corrected chi connectivity index (χ2v) is 8.68. The number of halogens is 2. The fourth-order valence-electron chi connectivity index (χ4n) is 3.24. The average Bonchev–Trinajstić information content (AvgIpc) is 3.00. The van der Waals surface area contributed by atoms with Crippen LogP contribution in [0.4, 0.5) is 0 Å². The van der Waals surface area contributed by atoms with Crippen LogP contribution in [-0.4, -0.2) is 0 Å². The predicted molar refractivity (Wildman–Crippen MR) is 89.9 cm³/mol. The SMILES string of the molecule is CCCCC1=CC[C]([Ti+2][C]2=C(C)C(CCCC)=CC2)=C1C.[Cl-].[Cl-]. The Morgan fingerprint density at radius 3 is 1.52 bits per heavy atom. The second kappa shape index (κ2) is 11.7. The van der Waals surface area contributed by atoms with Gasteiger partial charge in [-0.1, -0.05) is 0 Å². The first-order valence-corrected chi connectivity index (χ1v) is 10.3. The van der Waals surface area contributed by atoms with Crippen LogP contribution in [0.25, 0.3) is 0 Å². The second-order valence-electron chi connectivity index (χ2n) is 6.41. The monoisotopic (exact) mass is 388 g/mol. The van der Waals surface area contributed by atoms with Gasteiger partial charge in [0.2, 0.25) is 0 Å². The van der Waals surface area contributed by atoms with E-state index in [2.05, 4.69) is 39.8 Å². The molecule has 0 N–H and O–H groups in total.